The third-order valence-electron chi connectivity index (χ3n) is 2.78. The molecule has 6 heteroatoms. The van der Waals surface area contributed by atoms with E-state index in [9.17, 15) is 13.2 Å². The number of halogens is 1. The lowest BCUT2D eigenvalue weighted by atomic mass is 9.80. The van der Waals surface area contributed by atoms with Gasteiger partial charge in [-0.25, -0.2) is 12.7 Å². The van der Waals surface area contributed by atoms with Gasteiger partial charge in [-0.2, -0.15) is 0 Å². The largest absolute Gasteiger partial charge is 0.274 e. The first-order valence-corrected chi connectivity index (χ1v) is 7.51. The van der Waals surface area contributed by atoms with Crippen molar-refractivity contribution >= 4 is 31.9 Å². The molecule has 1 aliphatic rings. The van der Waals surface area contributed by atoms with Gasteiger partial charge in [-0.05, 0) is 11.3 Å². The minimum atomic E-state index is -3.44. The molecule has 15 heavy (non-hydrogen) atoms. The summed E-state index contributed by atoms with van der Waals surface area (Å²) in [5, 5.41) is 0. The maximum atomic E-state index is 11.6. The van der Waals surface area contributed by atoms with Gasteiger partial charge in [0.25, 0.3) is 0 Å². The summed E-state index contributed by atoms with van der Waals surface area (Å²) in [6.07, 6.45) is 0.329. The van der Waals surface area contributed by atoms with E-state index in [1.165, 1.54) is 0 Å². The summed E-state index contributed by atoms with van der Waals surface area (Å²) in [5.74, 6) is -0.173. The maximum absolute atomic E-state index is 11.6. The zero-order chi connectivity index (χ0) is 11.9. The molecule has 4 nitrogen and oxygen atoms in total. The van der Waals surface area contributed by atoms with Crippen LogP contribution in [0.3, 0.4) is 0 Å². The Labute approximate surface area is 99.2 Å². The fourth-order valence-electron chi connectivity index (χ4n) is 1.59. The van der Waals surface area contributed by atoms with Gasteiger partial charge in [0.1, 0.15) is 4.66 Å². The molecule has 0 aromatic rings. The minimum absolute atomic E-state index is 0.0355. The second kappa shape index (κ2) is 4.05. The predicted molar refractivity (Wildman–Crippen MR) is 62.0 cm³/mol. The number of sulfonamides is 1. The second-order valence-electron chi connectivity index (χ2n) is 4.91. The number of hydrogen-bond donors (Lipinski definition) is 0. The van der Waals surface area contributed by atoms with Crippen molar-refractivity contribution in [2.24, 2.45) is 11.3 Å². The van der Waals surface area contributed by atoms with Crippen LogP contribution < -0.4 is 0 Å². The molecule has 88 valence electrons. The fraction of sp³-hybridized carbons (Fsp3) is 0.889. The smallest absolute Gasteiger partial charge is 0.247 e. The monoisotopic (exact) mass is 297 g/mol. The van der Waals surface area contributed by atoms with Crippen molar-refractivity contribution in [2.75, 3.05) is 11.2 Å². The summed E-state index contributed by atoms with van der Waals surface area (Å²) < 4.78 is 23.9. The number of hydrogen-bond acceptors (Lipinski definition) is 3. The molecule has 0 spiro atoms. The maximum Gasteiger partial charge on any atom is 0.247 e. The molecule has 0 bridgehead atoms. The van der Waals surface area contributed by atoms with Crippen molar-refractivity contribution in [1.82, 2.24) is 4.31 Å². The zero-order valence-electron chi connectivity index (χ0n) is 9.16. The van der Waals surface area contributed by atoms with Crippen molar-refractivity contribution in [2.45, 2.75) is 27.2 Å². The predicted octanol–water partition coefficient (Wildman–Crippen LogP) is 1.56. The van der Waals surface area contributed by atoms with E-state index in [0.29, 0.717) is 13.0 Å². The summed E-state index contributed by atoms with van der Waals surface area (Å²) in [4.78, 5) is 11.6. The molecule has 1 atom stereocenters. The Morgan fingerprint density at radius 1 is 1.47 bits per heavy atom. The van der Waals surface area contributed by atoms with Crippen LogP contribution in [0.1, 0.15) is 27.2 Å². The molecule has 1 heterocycles. The van der Waals surface area contributed by atoms with Gasteiger partial charge >= 0.3 is 0 Å². The number of alkyl halides is 1. The Morgan fingerprint density at radius 2 is 2.00 bits per heavy atom. The average molecular weight is 298 g/mol. The zero-order valence-corrected chi connectivity index (χ0v) is 11.6. The molecule has 1 rings (SSSR count). The van der Waals surface area contributed by atoms with E-state index < -0.39 is 10.0 Å². The van der Waals surface area contributed by atoms with Gasteiger partial charge in [0.05, 0.1) is 0 Å². The summed E-state index contributed by atoms with van der Waals surface area (Å²) in [7, 11) is -3.44. The highest BCUT2D eigenvalue weighted by atomic mass is 79.9. The Kier molecular flexibility index (Phi) is 3.50. The van der Waals surface area contributed by atoms with Crippen LogP contribution in [0.5, 0.6) is 0 Å². The van der Waals surface area contributed by atoms with E-state index in [2.05, 4.69) is 15.9 Å². The van der Waals surface area contributed by atoms with Gasteiger partial charge in [-0.3, -0.25) is 4.79 Å². The van der Waals surface area contributed by atoms with Crippen LogP contribution in [-0.2, 0) is 14.8 Å². The Morgan fingerprint density at radius 3 is 2.33 bits per heavy atom. The lowest BCUT2D eigenvalue weighted by Gasteiger charge is -2.26. The summed E-state index contributed by atoms with van der Waals surface area (Å²) in [6, 6.07) is 0. The molecular formula is C9H16BrNO3S. The van der Waals surface area contributed by atoms with E-state index >= 15 is 0 Å². The summed E-state index contributed by atoms with van der Waals surface area (Å²) in [5.41, 5.74) is -0.0355. The third-order valence-corrected chi connectivity index (χ3v) is 5.82. The number of rotatable bonds is 2. The van der Waals surface area contributed by atoms with Gasteiger partial charge < -0.3 is 0 Å². The van der Waals surface area contributed by atoms with Crippen LogP contribution >= 0.6 is 15.9 Å². The molecule has 1 amide bonds. The van der Waals surface area contributed by atoms with Gasteiger partial charge in [-0.15, -0.1) is 0 Å². The van der Waals surface area contributed by atoms with Crippen LogP contribution in [0.2, 0.25) is 0 Å². The first kappa shape index (κ1) is 13.0. The number of nitrogens with zero attached hydrogens (tertiary/aromatic N) is 1. The number of carbonyl (C=O) groups excluding carboxylic acids is 1. The molecular weight excluding hydrogens is 282 g/mol. The van der Waals surface area contributed by atoms with Crippen molar-refractivity contribution in [3.05, 3.63) is 0 Å². The van der Waals surface area contributed by atoms with E-state index in [1.54, 1.807) is 0 Å². The topological polar surface area (TPSA) is 54.5 Å². The lowest BCUT2D eigenvalue weighted by molar-refractivity contribution is -0.123. The SMILES string of the molecule is CC(C)(C)C1CC(=O)N(S(=O)(=O)CBr)C1. The summed E-state index contributed by atoms with van der Waals surface area (Å²) >= 11 is 2.90. The molecule has 1 fully saturated rings. The van der Waals surface area contributed by atoms with Crippen LogP contribution in [0.25, 0.3) is 0 Å². The van der Waals surface area contributed by atoms with Gasteiger partial charge in [0, 0.05) is 13.0 Å². The first-order chi connectivity index (χ1) is 6.68. The number of amides is 1. The highest BCUT2D eigenvalue weighted by molar-refractivity contribution is 9.10. The quantitative estimate of drug-likeness (QED) is 0.727. The molecule has 1 unspecified atom stereocenters. The van der Waals surface area contributed by atoms with E-state index in [4.69, 9.17) is 0 Å². The van der Waals surface area contributed by atoms with Gasteiger partial charge in [0.2, 0.25) is 15.9 Å². The Hall–Kier alpha value is -0.100. The van der Waals surface area contributed by atoms with Crippen LogP contribution in [0.15, 0.2) is 0 Å². The van der Waals surface area contributed by atoms with Crippen molar-refractivity contribution in [1.29, 1.82) is 0 Å². The standard InChI is InChI=1S/C9H16BrNO3S/c1-9(2,3)7-4-8(12)11(5-7)15(13,14)6-10/h7H,4-6H2,1-3H3. The second-order valence-corrected chi connectivity index (χ2v) is 8.11. The Balaban J connectivity index is 2.88. The normalized spacial score (nSPS) is 23.6. The van der Waals surface area contributed by atoms with E-state index in [0.717, 1.165) is 4.31 Å². The Bertz CT molecular complexity index is 358. The summed E-state index contributed by atoms with van der Waals surface area (Å²) in [6.45, 7) is 6.38. The molecule has 0 aromatic carbocycles. The molecule has 0 radical (unpaired) electrons. The van der Waals surface area contributed by atoms with Crippen LogP contribution in [0, 0.1) is 11.3 Å². The molecule has 0 N–H and O–H groups in total. The van der Waals surface area contributed by atoms with Crippen molar-refractivity contribution < 1.29 is 13.2 Å². The third kappa shape index (κ3) is 2.72. The average Bonchev–Trinajstić information content (AvgIpc) is 2.47. The van der Waals surface area contributed by atoms with Crippen LogP contribution in [-0.4, -0.2) is 29.8 Å². The van der Waals surface area contributed by atoms with Crippen LogP contribution in [0.4, 0.5) is 0 Å². The van der Waals surface area contributed by atoms with E-state index in [-0.39, 0.29) is 21.9 Å². The van der Waals surface area contributed by atoms with E-state index in [1.807, 2.05) is 20.8 Å². The van der Waals surface area contributed by atoms with Gasteiger partial charge in [0.15, 0.2) is 0 Å². The molecule has 0 aliphatic carbocycles. The molecule has 1 aliphatic heterocycles. The lowest BCUT2D eigenvalue weighted by Crippen LogP contribution is -2.34. The molecule has 0 aromatic heterocycles. The highest BCUT2D eigenvalue weighted by Crippen LogP contribution is 2.35. The number of carbonyl (C=O) groups is 1. The first-order valence-electron chi connectivity index (χ1n) is 4.77. The highest BCUT2D eigenvalue weighted by Gasteiger charge is 2.41. The minimum Gasteiger partial charge on any atom is -0.274 e. The molecule has 1 saturated heterocycles. The fourth-order valence-corrected chi connectivity index (χ4v) is 3.24. The van der Waals surface area contributed by atoms with Crippen molar-refractivity contribution in [3.8, 4) is 0 Å². The molecule has 0 saturated carbocycles. The van der Waals surface area contributed by atoms with Crippen molar-refractivity contribution in [3.63, 3.8) is 0 Å². The van der Waals surface area contributed by atoms with Gasteiger partial charge in [-0.1, -0.05) is 36.7 Å².